The molecule has 0 amide bonds. The van der Waals surface area contributed by atoms with Gasteiger partial charge in [-0.3, -0.25) is 0 Å². The molecule has 1 N–H and O–H groups in total. The molecule has 1 heteroatoms. The molecule has 0 saturated heterocycles. The smallest absolute Gasteiger partial charge is 0.0565 e. The van der Waals surface area contributed by atoms with Crippen molar-refractivity contribution in [2.24, 2.45) is 57.7 Å². The second kappa shape index (κ2) is 8.07. The van der Waals surface area contributed by atoms with Gasteiger partial charge in [0.15, 0.2) is 0 Å². The fraction of sp³-hybridized carbons (Fsp3) is 1.00. The van der Waals surface area contributed by atoms with E-state index in [2.05, 4.69) is 48.5 Å². The Morgan fingerprint density at radius 2 is 1.53 bits per heavy atom. The van der Waals surface area contributed by atoms with Crippen LogP contribution in [0.1, 0.15) is 119 Å². The van der Waals surface area contributed by atoms with Crippen molar-refractivity contribution in [3.63, 3.8) is 0 Å². The lowest BCUT2D eigenvalue weighted by atomic mass is 9.47. The molecule has 10 atom stereocenters. The van der Waals surface area contributed by atoms with Crippen LogP contribution in [-0.4, -0.2) is 11.2 Å². The highest BCUT2D eigenvalue weighted by molar-refractivity contribution is 5.12. The zero-order chi connectivity index (χ0) is 21.9. The maximum absolute atomic E-state index is 10.6. The first kappa shape index (κ1) is 23.1. The van der Waals surface area contributed by atoms with Crippen LogP contribution in [0.2, 0.25) is 0 Å². The van der Waals surface area contributed by atoms with Crippen molar-refractivity contribution >= 4 is 0 Å². The molecule has 0 radical (unpaired) electrons. The van der Waals surface area contributed by atoms with E-state index in [1.165, 1.54) is 70.6 Å². The van der Waals surface area contributed by atoms with Gasteiger partial charge >= 0.3 is 0 Å². The molecule has 0 aromatic heterocycles. The highest BCUT2D eigenvalue weighted by Gasteiger charge is 2.63. The van der Waals surface area contributed by atoms with E-state index in [-0.39, 0.29) is 11.5 Å². The predicted octanol–water partition coefficient (Wildman–Crippen LogP) is 8.10. The summed E-state index contributed by atoms with van der Waals surface area (Å²) < 4.78 is 0. The molecular formula is C29H52O. The van der Waals surface area contributed by atoms with Crippen molar-refractivity contribution in [3.05, 3.63) is 0 Å². The fourth-order valence-corrected chi connectivity index (χ4v) is 9.99. The quantitative estimate of drug-likeness (QED) is 0.463. The first-order valence-electron chi connectivity index (χ1n) is 13.7. The molecule has 4 rings (SSSR count). The number of rotatable bonds is 6. The zero-order valence-corrected chi connectivity index (χ0v) is 21.3. The molecule has 0 aliphatic heterocycles. The third-order valence-electron chi connectivity index (χ3n) is 11.8. The number of fused-ring (bicyclic) bond motifs is 5. The number of aliphatic hydroxyl groups excluding tert-OH is 1. The van der Waals surface area contributed by atoms with Crippen molar-refractivity contribution in [3.8, 4) is 0 Å². The van der Waals surface area contributed by atoms with E-state index in [1.54, 1.807) is 0 Å². The molecule has 0 bridgehead atoms. The van der Waals surface area contributed by atoms with E-state index in [0.717, 1.165) is 41.4 Å². The van der Waals surface area contributed by atoms with E-state index in [1.807, 2.05) is 0 Å². The summed E-state index contributed by atoms with van der Waals surface area (Å²) in [5.41, 5.74) is 1.24. The molecule has 174 valence electrons. The topological polar surface area (TPSA) is 20.2 Å². The molecule has 30 heavy (non-hydrogen) atoms. The van der Waals surface area contributed by atoms with Crippen LogP contribution in [0.3, 0.4) is 0 Å². The minimum atomic E-state index is -0.158. The fourth-order valence-electron chi connectivity index (χ4n) is 9.99. The molecule has 4 fully saturated rings. The second-order valence-corrected chi connectivity index (χ2v) is 13.9. The summed E-state index contributed by atoms with van der Waals surface area (Å²) in [6.45, 7) is 17.1. The first-order chi connectivity index (χ1) is 14.0. The highest BCUT2D eigenvalue weighted by Crippen LogP contribution is 2.71. The summed E-state index contributed by atoms with van der Waals surface area (Å²) in [7, 11) is 0. The van der Waals surface area contributed by atoms with Gasteiger partial charge in [0.2, 0.25) is 0 Å². The molecule has 1 nitrogen and oxygen atoms in total. The largest absolute Gasteiger partial charge is 0.393 e. The Bertz CT molecular complexity index is 609. The van der Waals surface area contributed by atoms with Gasteiger partial charge in [-0.2, -0.15) is 0 Å². The van der Waals surface area contributed by atoms with E-state index in [0.29, 0.717) is 10.8 Å². The Morgan fingerprint density at radius 1 is 0.833 bits per heavy atom. The lowest BCUT2D eigenvalue weighted by Crippen LogP contribution is -2.51. The van der Waals surface area contributed by atoms with Crippen LogP contribution in [0.5, 0.6) is 0 Å². The Labute approximate surface area is 188 Å². The van der Waals surface area contributed by atoms with Gasteiger partial charge in [-0.15, -0.1) is 0 Å². The van der Waals surface area contributed by atoms with Gasteiger partial charge in [0.05, 0.1) is 6.10 Å². The molecule has 0 aromatic carbocycles. The normalized spacial score (nSPS) is 50.1. The van der Waals surface area contributed by atoms with Gasteiger partial charge < -0.3 is 5.11 Å². The summed E-state index contributed by atoms with van der Waals surface area (Å²) in [5.74, 6) is 6.45. The van der Waals surface area contributed by atoms with Crippen molar-refractivity contribution in [2.45, 2.75) is 125 Å². The monoisotopic (exact) mass is 416 g/mol. The van der Waals surface area contributed by atoms with Crippen LogP contribution in [0.4, 0.5) is 0 Å². The number of hydrogen-bond acceptors (Lipinski definition) is 1. The molecule has 0 heterocycles. The second-order valence-electron chi connectivity index (χ2n) is 13.9. The zero-order valence-electron chi connectivity index (χ0n) is 21.3. The average Bonchev–Trinajstić information content (AvgIpc) is 3.15. The van der Waals surface area contributed by atoms with Crippen LogP contribution in [0, 0.1) is 57.7 Å². The Morgan fingerprint density at radius 3 is 2.20 bits per heavy atom. The standard InChI is InChI=1S/C29H52O/c1-19(2)9-8-10-20(3)24-13-14-25-23-12-11-22-17-27(5,21(4)30)18-29(22,7)26(23)15-16-28(24,25)6/h19-26,30H,8-18H2,1-7H3/t20-,21?,22+,23+,24-,25+,26+,27+,28-,29+/m1/s1. The summed E-state index contributed by atoms with van der Waals surface area (Å²) >= 11 is 0. The molecule has 4 aliphatic carbocycles. The first-order valence-corrected chi connectivity index (χ1v) is 13.7. The van der Waals surface area contributed by atoms with Crippen LogP contribution in [0.15, 0.2) is 0 Å². The molecular weight excluding hydrogens is 364 g/mol. The van der Waals surface area contributed by atoms with Gasteiger partial charge in [-0.1, -0.05) is 60.8 Å². The summed E-state index contributed by atoms with van der Waals surface area (Å²) in [5, 5.41) is 10.6. The van der Waals surface area contributed by atoms with E-state index in [9.17, 15) is 5.11 Å². The molecule has 0 spiro atoms. The van der Waals surface area contributed by atoms with Crippen molar-refractivity contribution in [1.82, 2.24) is 0 Å². The van der Waals surface area contributed by atoms with Crippen molar-refractivity contribution < 1.29 is 5.11 Å². The Hall–Kier alpha value is -0.0400. The molecule has 4 saturated carbocycles. The Balaban J connectivity index is 1.49. The van der Waals surface area contributed by atoms with Gasteiger partial charge in [-0.05, 0) is 116 Å². The lowest BCUT2D eigenvalue weighted by Gasteiger charge is -2.58. The molecule has 0 aromatic rings. The van der Waals surface area contributed by atoms with Crippen LogP contribution < -0.4 is 0 Å². The minimum absolute atomic E-state index is 0.151. The SMILES string of the molecule is CC(C)CCC[C@@H](C)[C@H]1CC[C@H]2[C@@H]3CC[C@H]4C[C@](C)(C(C)O)C[C@]4(C)[C@H]3CC[C@]12C. The highest BCUT2D eigenvalue weighted by atomic mass is 16.3. The van der Waals surface area contributed by atoms with E-state index >= 15 is 0 Å². The third-order valence-corrected chi connectivity index (χ3v) is 11.8. The van der Waals surface area contributed by atoms with Crippen molar-refractivity contribution in [1.29, 1.82) is 0 Å². The number of hydrogen-bond donors (Lipinski definition) is 1. The van der Waals surface area contributed by atoms with Gasteiger partial charge in [0, 0.05) is 0 Å². The summed E-state index contributed by atoms with van der Waals surface area (Å²) in [6.07, 6.45) is 15.5. The third kappa shape index (κ3) is 3.62. The maximum atomic E-state index is 10.6. The van der Waals surface area contributed by atoms with E-state index < -0.39 is 0 Å². The van der Waals surface area contributed by atoms with Gasteiger partial charge in [-0.25, -0.2) is 0 Å². The van der Waals surface area contributed by atoms with Gasteiger partial charge in [0.1, 0.15) is 0 Å². The molecule has 1 unspecified atom stereocenters. The minimum Gasteiger partial charge on any atom is -0.393 e. The maximum Gasteiger partial charge on any atom is 0.0565 e. The summed E-state index contributed by atoms with van der Waals surface area (Å²) in [4.78, 5) is 0. The molecule has 4 aliphatic rings. The average molecular weight is 417 g/mol. The van der Waals surface area contributed by atoms with Crippen LogP contribution in [0.25, 0.3) is 0 Å². The summed E-state index contributed by atoms with van der Waals surface area (Å²) in [6, 6.07) is 0. The van der Waals surface area contributed by atoms with E-state index in [4.69, 9.17) is 0 Å². The number of aliphatic hydroxyl groups is 1. The van der Waals surface area contributed by atoms with Crippen LogP contribution in [-0.2, 0) is 0 Å². The van der Waals surface area contributed by atoms with Crippen molar-refractivity contribution in [2.75, 3.05) is 0 Å². The predicted molar refractivity (Wildman–Crippen MR) is 128 cm³/mol. The van der Waals surface area contributed by atoms with Crippen LogP contribution >= 0.6 is 0 Å². The van der Waals surface area contributed by atoms with Gasteiger partial charge in [0.25, 0.3) is 0 Å². The lowest BCUT2D eigenvalue weighted by molar-refractivity contribution is -0.0925. The Kier molecular flexibility index (Phi) is 6.22.